The van der Waals surface area contributed by atoms with E-state index in [1.807, 2.05) is 4.90 Å². The molecule has 4 rings (SSSR count). The molecule has 0 spiro atoms. The Morgan fingerprint density at radius 3 is 2.28 bits per heavy atom. The van der Waals surface area contributed by atoms with Crippen molar-refractivity contribution in [3.05, 3.63) is 54.0 Å². The Hall–Kier alpha value is -2.80. The summed E-state index contributed by atoms with van der Waals surface area (Å²) in [7, 11) is 0. The maximum atomic E-state index is 12.7. The Morgan fingerprint density at radius 1 is 0.897 bits per heavy atom. The molecule has 0 atom stereocenters. The van der Waals surface area contributed by atoms with E-state index < -0.39 is 0 Å². The number of nitrogens with zero attached hydrogens (tertiary/aromatic N) is 4. The van der Waals surface area contributed by atoms with Gasteiger partial charge in [-0.3, -0.25) is 14.5 Å². The molecule has 3 heterocycles. The summed E-state index contributed by atoms with van der Waals surface area (Å²) in [5.41, 5.74) is 2.53. The van der Waals surface area contributed by atoms with Crippen LogP contribution >= 0.6 is 0 Å². The van der Waals surface area contributed by atoms with E-state index in [-0.39, 0.29) is 11.8 Å². The topological polar surface area (TPSA) is 60.2 Å². The quantitative estimate of drug-likeness (QED) is 0.787. The van der Waals surface area contributed by atoms with Gasteiger partial charge in [-0.2, -0.15) is 0 Å². The fraction of sp³-hybridized carbons (Fsp3) is 0.455. The molecule has 7 heteroatoms. The molecule has 0 aliphatic carbocycles. The van der Waals surface area contributed by atoms with E-state index >= 15 is 0 Å². The van der Waals surface area contributed by atoms with Crippen LogP contribution in [0.1, 0.15) is 16.1 Å². The number of aryl methyl sites for hydroxylation is 1. The number of benzene rings is 1. The molecular formula is C22H28N4O3. The smallest absolute Gasteiger partial charge is 0.289 e. The summed E-state index contributed by atoms with van der Waals surface area (Å²) in [5.74, 6) is 0.407. The number of hydrogen-bond donors (Lipinski definition) is 0. The zero-order valence-corrected chi connectivity index (χ0v) is 16.9. The summed E-state index contributed by atoms with van der Waals surface area (Å²) >= 11 is 0. The zero-order chi connectivity index (χ0) is 20.2. The molecule has 0 bridgehead atoms. The van der Waals surface area contributed by atoms with Crippen molar-refractivity contribution in [2.24, 2.45) is 0 Å². The maximum absolute atomic E-state index is 12.7. The number of carbonyl (C=O) groups excluding carboxylic acids is 2. The molecule has 2 aliphatic heterocycles. The zero-order valence-electron chi connectivity index (χ0n) is 16.9. The van der Waals surface area contributed by atoms with E-state index in [0.717, 1.165) is 26.2 Å². The lowest BCUT2D eigenvalue weighted by molar-refractivity contribution is -0.134. The number of hydrogen-bond acceptors (Lipinski definition) is 5. The van der Waals surface area contributed by atoms with Crippen LogP contribution in [0.15, 0.2) is 47.1 Å². The van der Waals surface area contributed by atoms with Crippen LogP contribution in [0, 0.1) is 6.92 Å². The lowest BCUT2D eigenvalue weighted by atomic mass is 10.2. The highest BCUT2D eigenvalue weighted by Crippen LogP contribution is 2.18. The van der Waals surface area contributed by atoms with Crippen LogP contribution < -0.4 is 4.90 Å². The molecule has 1 aromatic carbocycles. The Bertz CT molecular complexity index is 836. The molecule has 0 radical (unpaired) electrons. The first kappa shape index (κ1) is 19.5. The molecule has 2 aromatic rings. The molecule has 2 aliphatic rings. The lowest BCUT2D eigenvalue weighted by Crippen LogP contribution is -2.54. The molecule has 154 valence electrons. The van der Waals surface area contributed by atoms with E-state index in [1.165, 1.54) is 17.5 Å². The second-order valence-electron chi connectivity index (χ2n) is 7.75. The van der Waals surface area contributed by atoms with Crippen molar-refractivity contribution >= 4 is 17.5 Å². The first-order valence-electron chi connectivity index (χ1n) is 10.2. The van der Waals surface area contributed by atoms with Crippen molar-refractivity contribution in [1.82, 2.24) is 14.7 Å². The van der Waals surface area contributed by atoms with Crippen LogP contribution in [0.2, 0.25) is 0 Å². The fourth-order valence-corrected chi connectivity index (χ4v) is 4.00. The predicted molar refractivity (Wildman–Crippen MR) is 111 cm³/mol. The van der Waals surface area contributed by atoms with Gasteiger partial charge in [-0.25, -0.2) is 0 Å². The minimum absolute atomic E-state index is 0.102. The van der Waals surface area contributed by atoms with Crippen molar-refractivity contribution in [3.8, 4) is 0 Å². The third kappa shape index (κ3) is 4.62. The highest BCUT2D eigenvalue weighted by atomic mass is 16.3. The van der Waals surface area contributed by atoms with Crippen molar-refractivity contribution in [1.29, 1.82) is 0 Å². The molecule has 2 fully saturated rings. The van der Waals surface area contributed by atoms with E-state index in [4.69, 9.17) is 4.42 Å². The van der Waals surface area contributed by atoms with Gasteiger partial charge in [-0.05, 0) is 36.8 Å². The number of furan rings is 1. The lowest BCUT2D eigenvalue weighted by Gasteiger charge is -2.38. The van der Waals surface area contributed by atoms with Gasteiger partial charge in [-0.1, -0.05) is 12.1 Å². The Kier molecular flexibility index (Phi) is 5.85. The van der Waals surface area contributed by atoms with Gasteiger partial charge in [0.1, 0.15) is 0 Å². The first-order valence-corrected chi connectivity index (χ1v) is 10.2. The highest BCUT2D eigenvalue weighted by Gasteiger charge is 2.27. The number of anilines is 1. The number of amides is 2. The van der Waals surface area contributed by atoms with Gasteiger partial charge in [-0.15, -0.1) is 0 Å². The molecule has 1 aromatic heterocycles. The minimum Gasteiger partial charge on any atom is -0.459 e. The van der Waals surface area contributed by atoms with Crippen LogP contribution in [0.4, 0.5) is 5.69 Å². The summed E-state index contributed by atoms with van der Waals surface area (Å²) in [6.45, 7) is 8.45. The van der Waals surface area contributed by atoms with Gasteiger partial charge in [0.05, 0.1) is 12.8 Å². The van der Waals surface area contributed by atoms with Gasteiger partial charge >= 0.3 is 0 Å². The van der Waals surface area contributed by atoms with Crippen LogP contribution in [-0.2, 0) is 4.79 Å². The van der Waals surface area contributed by atoms with Gasteiger partial charge in [0, 0.05) is 58.0 Å². The molecule has 2 amide bonds. The van der Waals surface area contributed by atoms with E-state index in [9.17, 15) is 9.59 Å². The summed E-state index contributed by atoms with van der Waals surface area (Å²) in [4.78, 5) is 33.3. The largest absolute Gasteiger partial charge is 0.459 e. The van der Waals surface area contributed by atoms with Crippen molar-refractivity contribution in [3.63, 3.8) is 0 Å². The fourth-order valence-electron chi connectivity index (χ4n) is 4.00. The normalized spacial score (nSPS) is 18.2. The van der Waals surface area contributed by atoms with Crippen molar-refractivity contribution in [2.75, 3.05) is 63.8 Å². The third-order valence-electron chi connectivity index (χ3n) is 5.75. The predicted octanol–water partition coefficient (Wildman–Crippen LogP) is 1.69. The maximum Gasteiger partial charge on any atom is 0.289 e. The summed E-state index contributed by atoms with van der Waals surface area (Å²) in [5, 5.41) is 0. The SMILES string of the molecule is Cc1cccc(N2CCN(CC(=O)N3CCN(C(=O)c4ccco4)CC3)CC2)c1. The van der Waals surface area contributed by atoms with Crippen LogP contribution in [0.3, 0.4) is 0 Å². The Morgan fingerprint density at radius 2 is 1.62 bits per heavy atom. The molecule has 0 unspecified atom stereocenters. The van der Waals surface area contributed by atoms with E-state index in [1.54, 1.807) is 17.0 Å². The molecule has 0 N–H and O–H groups in total. The monoisotopic (exact) mass is 396 g/mol. The van der Waals surface area contributed by atoms with Crippen LogP contribution in [0.25, 0.3) is 0 Å². The number of piperazine rings is 2. The molecule has 0 saturated carbocycles. The second kappa shape index (κ2) is 8.69. The summed E-state index contributed by atoms with van der Waals surface area (Å²) in [6, 6.07) is 12.0. The van der Waals surface area contributed by atoms with Crippen molar-refractivity contribution in [2.45, 2.75) is 6.92 Å². The van der Waals surface area contributed by atoms with Gasteiger partial charge in [0.2, 0.25) is 5.91 Å². The summed E-state index contributed by atoms with van der Waals surface area (Å²) < 4.78 is 5.19. The average Bonchev–Trinajstić information content (AvgIpc) is 3.29. The molecule has 2 saturated heterocycles. The second-order valence-corrected chi connectivity index (χ2v) is 7.75. The Balaban J connectivity index is 1.22. The molecule has 7 nitrogen and oxygen atoms in total. The average molecular weight is 396 g/mol. The number of rotatable bonds is 4. The van der Waals surface area contributed by atoms with Crippen LogP contribution in [-0.4, -0.2) is 85.4 Å². The first-order chi connectivity index (χ1) is 14.1. The van der Waals surface area contributed by atoms with Gasteiger partial charge < -0.3 is 19.1 Å². The van der Waals surface area contributed by atoms with Crippen LogP contribution in [0.5, 0.6) is 0 Å². The van der Waals surface area contributed by atoms with Crippen molar-refractivity contribution < 1.29 is 14.0 Å². The standard InChI is InChI=1S/C22H28N4O3/c1-18-4-2-5-19(16-18)24-9-7-23(8-10-24)17-21(27)25-11-13-26(14-12-25)22(28)20-6-3-15-29-20/h2-6,15-16H,7-14,17H2,1H3. The van der Waals surface area contributed by atoms with Gasteiger partial charge in [0.25, 0.3) is 5.91 Å². The minimum atomic E-state index is -0.102. The van der Waals surface area contributed by atoms with E-state index in [0.29, 0.717) is 38.5 Å². The van der Waals surface area contributed by atoms with E-state index in [2.05, 4.69) is 41.0 Å². The Labute approximate surface area is 171 Å². The van der Waals surface area contributed by atoms with Gasteiger partial charge in [0.15, 0.2) is 5.76 Å². The third-order valence-corrected chi connectivity index (χ3v) is 5.75. The summed E-state index contributed by atoms with van der Waals surface area (Å²) in [6.07, 6.45) is 1.51. The number of carbonyl (C=O) groups is 2. The molecular weight excluding hydrogens is 368 g/mol. The molecule has 29 heavy (non-hydrogen) atoms. The highest BCUT2D eigenvalue weighted by molar-refractivity contribution is 5.91.